The Bertz CT molecular complexity index is 205. The SMILES string of the molecule is CCCC(C)C1NC(=O)SC1=O. The predicted octanol–water partition coefficient (Wildman–Crippen LogP) is 1.77. The van der Waals surface area contributed by atoms with Crippen LogP contribution in [0.25, 0.3) is 0 Å². The molecule has 0 bridgehead atoms. The minimum atomic E-state index is -0.248. The summed E-state index contributed by atoms with van der Waals surface area (Å²) >= 11 is 0.794. The van der Waals surface area contributed by atoms with E-state index in [0.29, 0.717) is 0 Å². The quantitative estimate of drug-likeness (QED) is 0.732. The van der Waals surface area contributed by atoms with Gasteiger partial charge in [-0.05, 0) is 12.3 Å². The summed E-state index contributed by atoms with van der Waals surface area (Å²) in [6.45, 7) is 4.07. The van der Waals surface area contributed by atoms with Crippen LogP contribution in [0.15, 0.2) is 0 Å². The summed E-state index contributed by atoms with van der Waals surface area (Å²) in [6.07, 6.45) is 2.03. The van der Waals surface area contributed by atoms with Gasteiger partial charge in [0.1, 0.15) is 6.04 Å². The Hall–Kier alpha value is -0.510. The van der Waals surface area contributed by atoms with E-state index in [1.165, 1.54) is 0 Å². The average molecular weight is 187 g/mol. The summed E-state index contributed by atoms with van der Waals surface area (Å²) < 4.78 is 0. The first-order chi connectivity index (χ1) is 5.65. The molecule has 1 heterocycles. The van der Waals surface area contributed by atoms with Crippen LogP contribution in [0.2, 0.25) is 0 Å². The zero-order valence-electron chi connectivity index (χ0n) is 7.29. The molecule has 2 unspecified atom stereocenters. The Kier molecular flexibility index (Phi) is 3.14. The molecular weight excluding hydrogens is 174 g/mol. The lowest BCUT2D eigenvalue weighted by molar-refractivity contribution is -0.113. The topological polar surface area (TPSA) is 46.2 Å². The summed E-state index contributed by atoms with van der Waals surface area (Å²) in [5.74, 6) is 0.265. The second-order valence-electron chi connectivity index (χ2n) is 3.10. The highest BCUT2D eigenvalue weighted by Gasteiger charge is 2.34. The van der Waals surface area contributed by atoms with E-state index in [4.69, 9.17) is 0 Å². The standard InChI is InChI=1S/C8H13NO2S/c1-3-4-5(2)6-7(10)12-8(11)9-6/h5-6H,3-4H2,1-2H3,(H,9,11). The molecule has 0 aromatic carbocycles. The molecule has 0 spiro atoms. The number of rotatable bonds is 3. The Morgan fingerprint density at radius 3 is 2.67 bits per heavy atom. The van der Waals surface area contributed by atoms with Crippen molar-refractivity contribution < 1.29 is 9.59 Å². The Labute approximate surface area is 76.3 Å². The highest BCUT2D eigenvalue weighted by atomic mass is 32.2. The Morgan fingerprint density at radius 1 is 1.58 bits per heavy atom. The molecule has 1 amide bonds. The molecule has 3 nitrogen and oxygen atoms in total. The number of nitrogens with one attached hydrogen (secondary N) is 1. The maximum atomic E-state index is 11.2. The minimum absolute atomic E-state index is 0.0269. The molecule has 0 aromatic heterocycles. The minimum Gasteiger partial charge on any atom is -0.336 e. The van der Waals surface area contributed by atoms with Gasteiger partial charge in [-0.25, -0.2) is 0 Å². The van der Waals surface area contributed by atoms with Crippen molar-refractivity contribution in [1.29, 1.82) is 0 Å². The van der Waals surface area contributed by atoms with Gasteiger partial charge in [0.05, 0.1) is 0 Å². The lowest BCUT2D eigenvalue weighted by Crippen LogP contribution is -2.34. The van der Waals surface area contributed by atoms with E-state index in [0.717, 1.165) is 24.6 Å². The van der Waals surface area contributed by atoms with Crippen LogP contribution in [0.3, 0.4) is 0 Å². The summed E-state index contributed by atoms with van der Waals surface area (Å²) in [5.41, 5.74) is 0. The molecule has 1 aliphatic rings. The monoisotopic (exact) mass is 187 g/mol. The largest absolute Gasteiger partial charge is 0.336 e. The molecule has 12 heavy (non-hydrogen) atoms. The van der Waals surface area contributed by atoms with Crippen LogP contribution in [-0.4, -0.2) is 16.4 Å². The van der Waals surface area contributed by atoms with Crippen LogP contribution < -0.4 is 5.32 Å². The molecule has 1 N–H and O–H groups in total. The van der Waals surface area contributed by atoms with Crippen LogP contribution in [0, 0.1) is 5.92 Å². The zero-order chi connectivity index (χ0) is 9.14. The van der Waals surface area contributed by atoms with E-state index in [1.54, 1.807) is 0 Å². The molecule has 0 aromatic rings. The van der Waals surface area contributed by atoms with Crippen LogP contribution in [0.5, 0.6) is 0 Å². The van der Waals surface area contributed by atoms with E-state index in [1.807, 2.05) is 6.92 Å². The van der Waals surface area contributed by atoms with Crippen molar-refractivity contribution in [2.75, 3.05) is 0 Å². The van der Waals surface area contributed by atoms with Crippen molar-refractivity contribution in [3.05, 3.63) is 0 Å². The first-order valence-electron chi connectivity index (χ1n) is 4.17. The number of thioether (sulfide) groups is 1. The van der Waals surface area contributed by atoms with Crippen molar-refractivity contribution in [2.45, 2.75) is 32.7 Å². The molecule has 0 aliphatic carbocycles. The third-order valence-electron chi connectivity index (χ3n) is 2.03. The first kappa shape index (κ1) is 9.58. The van der Waals surface area contributed by atoms with Crippen molar-refractivity contribution in [2.24, 2.45) is 5.92 Å². The Balaban J connectivity index is 2.51. The summed E-state index contributed by atoms with van der Waals surface area (Å²) in [4.78, 5) is 22.0. The van der Waals surface area contributed by atoms with Gasteiger partial charge in [0, 0.05) is 11.8 Å². The number of hydrogen-bond acceptors (Lipinski definition) is 3. The summed E-state index contributed by atoms with van der Waals surface area (Å²) in [5, 5.41) is 2.43. The predicted molar refractivity (Wildman–Crippen MR) is 49.0 cm³/mol. The summed E-state index contributed by atoms with van der Waals surface area (Å²) in [7, 11) is 0. The van der Waals surface area contributed by atoms with Crippen LogP contribution in [0.1, 0.15) is 26.7 Å². The highest BCUT2D eigenvalue weighted by Crippen LogP contribution is 2.23. The highest BCUT2D eigenvalue weighted by molar-refractivity contribution is 8.26. The van der Waals surface area contributed by atoms with E-state index in [9.17, 15) is 9.59 Å². The molecule has 1 aliphatic heterocycles. The number of amides is 1. The number of hydrogen-bond donors (Lipinski definition) is 1. The van der Waals surface area contributed by atoms with Gasteiger partial charge < -0.3 is 5.32 Å². The smallest absolute Gasteiger partial charge is 0.287 e. The van der Waals surface area contributed by atoms with E-state index < -0.39 is 0 Å². The maximum absolute atomic E-state index is 11.2. The molecule has 0 radical (unpaired) electrons. The molecule has 1 fully saturated rings. The lowest BCUT2D eigenvalue weighted by Gasteiger charge is -2.15. The lowest BCUT2D eigenvalue weighted by atomic mass is 9.98. The molecule has 2 atom stereocenters. The van der Waals surface area contributed by atoms with E-state index in [-0.39, 0.29) is 22.3 Å². The van der Waals surface area contributed by atoms with Gasteiger partial charge in [0.25, 0.3) is 5.24 Å². The number of carbonyl (C=O) groups is 2. The van der Waals surface area contributed by atoms with Gasteiger partial charge in [0.15, 0.2) is 0 Å². The van der Waals surface area contributed by atoms with Crippen molar-refractivity contribution in [1.82, 2.24) is 5.32 Å². The third-order valence-corrected chi connectivity index (χ3v) is 2.79. The third kappa shape index (κ3) is 2.00. The van der Waals surface area contributed by atoms with E-state index in [2.05, 4.69) is 12.2 Å². The Morgan fingerprint density at radius 2 is 2.25 bits per heavy atom. The molecule has 1 rings (SSSR count). The molecule has 4 heteroatoms. The fraction of sp³-hybridized carbons (Fsp3) is 0.750. The van der Waals surface area contributed by atoms with Gasteiger partial charge in [-0.3, -0.25) is 9.59 Å². The molecule has 68 valence electrons. The van der Waals surface area contributed by atoms with Gasteiger partial charge in [-0.2, -0.15) is 0 Å². The van der Waals surface area contributed by atoms with Crippen molar-refractivity contribution in [3.63, 3.8) is 0 Å². The maximum Gasteiger partial charge on any atom is 0.287 e. The van der Waals surface area contributed by atoms with Crippen LogP contribution in [0.4, 0.5) is 4.79 Å². The normalized spacial score (nSPS) is 25.7. The van der Waals surface area contributed by atoms with Crippen LogP contribution in [-0.2, 0) is 4.79 Å². The molecule has 0 saturated carbocycles. The van der Waals surface area contributed by atoms with Gasteiger partial charge in [0.2, 0.25) is 5.12 Å². The van der Waals surface area contributed by atoms with Crippen LogP contribution >= 0.6 is 11.8 Å². The van der Waals surface area contributed by atoms with Gasteiger partial charge in [-0.15, -0.1) is 0 Å². The van der Waals surface area contributed by atoms with Gasteiger partial charge >= 0.3 is 0 Å². The first-order valence-corrected chi connectivity index (χ1v) is 4.99. The number of carbonyl (C=O) groups excluding carboxylic acids is 2. The second kappa shape index (κ2) is 3.94. The van der Waals surface area contributed by atoms with E-state index >= 15 is 0 Å². The fourth-order valence-corrected chi connectivity index (χ4v) is 2.15. The summed E-state index contributed by atoms with van der Waals surface area (Å²) in [6, 6.07) is -0.248. The fourth-order valence-electron chi connectivity index (χ4n) is 1.37. The van der Waals surface area contributed by atoms with Crippen molar-refractivity contribution >= 4 is 22.1 Å². The van der Waals surface area contributed by atoms with Crippen molar-refractivity contribution in [3.8, 4) is 0 Å². The zero-order valence-corrected chi connectivity index (χ0v) is 8.11. The second-order valence-corrected chi connectivity index (χ2v) is 4.07. The molecular formula is C8H13NO2S. The average Bonchev–Trinajstić information content (AvgIpc) is 2.30. The van der Waals surface area contributed by atoms with Gasteiger partial charge in [-0.1, -0.05) is 20.3 Å². The molecule has 1 saturated heterocycles.